The van der Waals surface area contributed by atoms with Crippen LogP contribution in [-0.4, -0.2) is 17.3 Å². The molecule has 108 valence electrons. The SMILES string of the molecule is CCCCCC[S+](CC=C(C)C)CCCCCC. The van der Waals surface area contributed by atoms with E-state index in [1.807, 2.05) is 0 Å². The first-order valence-corrected chi connectivity index (χ1v) is 9.71. The van der Waals surface area contributed by atoms with Crippen molar-refractivity contribution in [1.82, 2.24) is 0 Å². The third-order valence-corrected chi connectivity index (χ3v) is 5.67. The van der Waals surface area contributed by atoms with E-state index in [9.17, 15) is 0 Å². The topological polar surface area (TPSA) is 0 Å². The zero-order chi connectivity index (χ0) is 13.6. The van der Waals surface area contributed by atoms with Crippen LogP contribution in [0.4, 0.5) is 0 Å². The predicted molar refractivity (Wildman–Crippen MR) is 89.7 cm³/mol. The second kappa shape index (κ2) is 13.5. The quantitative estimate of drug-likeness (QED) is 0.241. The molecule has 0 fully saturated rings. The number of hydrogen-bond donors (Lipinski definition) is 0. The molecule has 0 amide bonds. The minimum absolute atomic E-state index is 0.672. The molecule has 0 aliphatic carbocycles. The van der Waals surface area contributed by atoms with Gasteiger partial charge in [0.15, 0.2) is 0 Å². The number of rotatable bonds is 12. The van der Waals surface area contributed by atoms with E-state index in [0.717, 1.165) is 0 Å². The van der Waals surface area contributed by atoms with E-state index in [1.54, 1.807) is 0 Å². The van der Waals surface area contributed by atoms with Crippen molar-refractivity contribution >= 4 is 10.9 Å². The summed E-state index contributed by atoms with van der Waals surface area (Å²) in [6.07, 6.45) is 13.8. The van der Waals surface area contributed by atoms with Crippen LogP contribution in [0.2, 0.25) is 0 Å². The standard InChI is InChI=1S/C17H35S/c1-5-7-9-11-14-18(16-13-17(3)4)15-12-10-8-6-2/h13H,5-12,14-16H2,1-4H3/q+1. The van der Waals surface area contributed by atoms with Crippen LogP contribution in [0.25, 0.3) is 0 Å². The molecule has 0 rings (SSSR count). The number of allylic oxidation sites excluding steroid dienone is 1. The van der Waals surface area contributed by atoms with Crippen LogP contribution < -0.4 is 0 Å². The van der Waals surface area contributed by atoms with Gasteiger partial charge in [-0.25, -0.2) is 0 Å². The summed E-state index contributed by atoms with van der Waals surface area (Å²) in [7, 11) is 0.672. The van der Waals surface area contributed by atoms with E-state index in [-0.39, 0.29) is 0 Å². The average molecular weight is 272 g/mol. The Hall–Kier alpha value is 0.0900. The van der Waals surface area contributed by atoms with Gasteiger partial charge in [0.25, 0.3) is 0 Å². The Balaban J connectivity index is 3.80. The van der Waals surface area contributed by atoms with E-state index >= 15 is 0 Å². The smallest absolute Gasteiger partial charge is 0.0758 e. The lowest BCUT2D eigenvalue weighted by Gasteiger charge is -2.07. The Morgan fingerprint density at radius 1 is 0.778 bits per heavy atom. The summed E-state index contributed by atoms with van der Waals surface area (Å²) >= 11 is 0. The van der Waals surface area contributed by atoms with Crippen LogP contribution >= 0.6 is 0 Å². The van der Waals surface area contributed by atoms with Crippen LogP contribution in [0.1, 0.15) is 79.1 Å². The van der Waals surface area contributed by atoms with Crippen molar-refractivity contribution in [2.75, 3.05) is 17.3 Å². The zero-order valence-corrected chi connectivity index (χ0v) is 14.1. The van der Waals surface area contributed by atoms with E-state index in [2.05, 4.69) is 33.8 Å². The van der Waals surface area contributed by atoms with Gasteiger partial charge in [0.1, 0.15) is 17.3 Å². The number of unbranched alkanes of at least 4 members (excludes halogenated alkanes) is 6. The lowest BCUT2D eigenvalue weighted by molar-refractivity contribution is 0.697. The molecule has 0 aliphatic heterocycles. The molecule has 0 spiro atoms. The average Bonchev–Trinajstić information content (AvgIpc) is 2.35. The van der Waals surface area contributed by atoms with Crippen molar-refractivity contribution in [3.63, 3.8) is 0 Å². The first-order chi connectivity index (χ1) is 8.70. The van der Waals surface area contributed by atoms with Gasteiger partial charge in [-0.1, -0.05) is 45.1 Å². The summed E-state index contributed by atoms with van der Waals surface area (Å²) in [5.74, 6) is 4.31. The molecule has 0 saturated carbocycles. The Morgan fingerprint density at radius 3 is 1.67 bits per heavy atom. The molecular formula is C17H35S+. The van der Waals surface area contributed by atoms with Crippen molar-refractivity contribution in [1.29, 1.82) is 0 Å². The summed E-state index contributed by atoms with van der Waals surface area (Å²) in [6.45, 7) is 9.06. The summed E-state index contributed by atoms with van der Waals surface area (Å²) < 4.78 is 0. The van der Waals surface area contributed by atoms with Gasteiger partial charge < -0.3 is 0 Å². The second-order valence-corrected chi connectivity index (χ2v) is 7.96. The lowest BCUT2D eigenvalue weighted by Crippen LogP contribution is -2.15. The van der Waals surface area contributed by atoms with E-state index in [4.69, 9.17) is 0 Å². The Morgan fingerprint density at radius 2 is 1.28 bits per heavy atom. The van der Waals surface area contributed by atoms with Crippen molar-refractivity contribution in [2.24, 2.45) is 0 Å². The maximum absolute atomic E-state index is 2.46. The third kappa shape index (κ3) is 12.5. The third-order valence-electron chi connectivity index (χ3n) is 3.30. The molecule has 0 atom stereocenters. The Labute approximate surface area is 119 Å². The van der Waals surface area contributed by atoms with Gasteiger partial charge >= 0.3 is 0 Å². The van der Waals surface area contributed by atoms with Gasteiger partial charge in [-0.2, -0.15) is 0 Å². The van der Waals surface area contributed by atoms with E-state index in [1.165, 1.54) is 74.2 Å². The Bertz CT molecular complexity index is 180. The van der Waals surface area contributed by atoms with Gasteiger partial charge in [0, 0.05) is 0 Å². The fourth-order valence-electron chi connectivity index (χ4n) is 2.02. The Kier molecular flexibility index (Phi) is 13.6. The molecule has 0 aromatic heterocycles. The van der Waals surface area contributed by atoms with Gasteiger partial charge in [-0.05, 0) is 56.5 Å². The lowest BCUT2D eigenvalue weighted by atomic mass is 10.2. The fourth-order valence-corrected chi connectivity index (χ4v) is 4.35. The molecule has 0 nitrogen and oxygen atoms in total. The van der Waals surface area contributed by atoms with Crippen molar-refractivity contribution in [2.45, 2.75) is 79.1 Å². The van der Waals surface area contributed by atoms with Crippen molar-refractivity contribution < 1.29 is 0 Å². The highest BCUT2D eigenvalue weighted by atomic mass is 32.2. The molecule has 0 heterocycles. The van der Waals surface area contributed by atoms with Crippen LogP contribution in [0.3, 0.4) is 0 Å². The predicted octanol–water partition coefficient (Wildman–Crippen LogP) is 5.73. The van der Waals surface area contributed by atoms with Gasteiger partial charge in [-0.3, -0.25) is 0 Å². The highest BCUT2D eigenvalue weighted by Gasteiger charge is 2.15. The molecule has 0 aromatic carbocycles. The summed E-state index contributed by atoms with van der Waals surface area (Å²) in [5, 5.41) is 0. The molecule has 0 radical (unpaired) electrons. The molecular weight excluding hydrogens is 236 g/mol. The van der Waals surface area contributed by atoms with Gasteiger partial charge in [0.2, 0.25) is 0 Å². The molecule has 1 heteroatoms. The molecule has 0 aliphatic rings. The highest BCUT2D eigenvalue weighted by molar-refractivity contribution is 7.96. The molecule has 18 heavy (non-hydrogen) atoms. The minimum atomic E-state index is 0.672. The van der Waals surface area contributed by atoms with Gasteiger partial charge in [-0.15, -0.1) is 0 Å². The first kappa shape index (κ1) is 18.1. The van der Waals surface area contributed by atoms with Crippen molar-refractivity contribution in [3.05, 3.63) is 11.6 Å². The maximum Gasteiger partial charge on any atom is 0.126 e. The molecule has 0 saturated heterocycles. The normalized spacial score (nSPS) is 10.9. The van der Waals surface area contributed by atoms with Crippen molar-refractivity contribution in [3.8, 4) is 0 Å². The van der Waals surface area contributed by atoms with Crippen LogP contribution in [-0.2, 0) is 10.9 Å². The number of hydrogen-bond acceptors (Lipinski definition) is 0. The maximum atomic E-state index is 2.46. The van der Waals surface area contributed by atoms with E-state index in [0.29, 0.717) is 10.9 Å². The summed E-state index contributed by atoms with van der Waals surface area (Å²) in [4.78, 5) is 0. The second-order valence-electron chi connectivity index (χ2n) is 5.59. The molecule has 0 unspecified atom stereocenters. The summed E-state index contributed by atoms with van der Waals surface area (Å²) in [6, 6.07) is 0. The van der Waals surface area contributed by atoms with Crippen LogP contribution in [0.5, 0.6) is 0 Å². The fraction of sp³-hybridized carbons (Fsp3) is 0.882. The first-order valence-electron chi connectivity index (χ1n) is 7.98. The highest BCUT2D eigenvalue weighted by Crippen LogP contribution is 2.10. The zero-order valence-electron chi connectivity index (χ0n) is 13.3. The van der Waals surface area contributed by atoms with Crippen LogP contribution in [0.15, 0.2) is 11.6 Å². The molecule has 0 aromatic rings. The largest absolute Gasteiger partial charge is 0.126 e. The van der Waals surface area contributed by atoms with Crippen LogP contribution in [0, 0.1) is 0 Å². The molecule has 0 bridgehead atoms. The minimum Gasteiger partial charge on any atom is -0.0758 e. The monoisotopic (exact) mass is 271 g/mol. The molecule has 0 N–H and O–H groups in total. The summed E-state index contributed by atoms with van der Waals surface area (Å²) in [5.41, 5.74) is 1.50. The van der Waals surface area contributed by atoms with Gasteiger partial charge in [0.05, 0.1) is 0 Å². The van der Waals surface area contributed by atoms with E-state index < -0.39 is 0 Å².